The number of ether oxygens (including phenoxy) is 1. The highest BCUT2D eigenvalue weighted by atomic mass is 35.5. The van der Waals surface area contributed by atoms with Crippen LogP contribution in [-0.4, -0.2) is 38.1 Å². The topological polar surface area (TPSA) is 105 Å². The predicted octanol–water partition coefficient (Wildman–Crippen LogP) is -1.17. The first-order valence-corrected chi connectivity index (χ1v) is 5.32. The third-order valence-electron chi connectivity index (χ3n) is 2.68. The van der Waals surface area contributed by atoms with Crippen molar-refractivity contribution < 1.29 is 14.9 Å². The van der Waals surface area contributed by atoms with E-state index in [1.165, 1.54) is 0 Å². The van der Waals surface area contributed by atoms with Gasteiger partial charge in [0.25, 0.3) is 5.56 Å². The minimum absolute atomic E-state index is 0.200. The van der Waals surface area contributed by atoms with Crippen LogP contribution in [0.25, 0.3) is 0 Å². The van der Waals surface area contributed by atoms with Gasteiger partial charge in [-0.3, -0.25) is 14.3 Å². The summed E-state index contributed by atoms with van der Waals surface area (Å²) in [7, 11) is 0. The zero-order valence-electron chi connectivity index (χ0n) is 8.83. The van der Waals surface area contributed by atoms with Crippen LogP contribution in [0, 0.1) is 0 Å². The number of hydrogen-bond acceptors (Lipinski definition) is 5. The number of halogens is 1. The molecule has 1 fully saturated rings. The maximum Gasteiger partial charge on any atom is 0.330 e. The Morgan fingerprint density at radius 1 is 1.41 bits per heavy atom. The molecule has 4 atom stereocenters. The molecule has 0 radical (unpaired) electrons. The maximum absolute atomic E-state index is 11.5. The van der Waals surface area contributed by atoms with Gasteiger partial charge in [0.1, 0.15) is 17.2 Å². The first-order chi connectivity index (χ1) is 7.91. The van der Waals surface area contributed by atoms with Crippen LogP contribution in [0.2, 0.25) is 5.02 Å². The third-order valence-corrected chi connectivity index (χ3v) is 2.94. The van der Waals surface area contributed by atoms with Crippen molar-refractivity contribution in [1.29, 1.82) is 0 Å². The minimum Gasteiger partial charge on any atom is -0.388 e. The number of aliphatic hydroxyl groups is 2. The van der Waals surface area contributed by atoms with E-state index in [9.17, 15) is 19.8 Å². The number of hydrogen-bond donors (Lipinski definition) is 3. The lowest BCUT2D eigenvalue weighted by atomic mass is 10.1. The molecule has 1 aliphatic heterocycles. The van der Waals surface area contributed by atoms with E-state index in [1.807, 2.05) is 4.98 Å². The third kappa shape index (κ3) is 2.02. The second-order valence-electron chi connectivity index (χ2n) is 3.86. The molecule has 7 nitrogen and oxygen atoms in total. The van der Waals surface area contributed by atoms with E-state index in [1.54, 1.807) is 6.92 Å². The van der Waals surface area contributed by atoms with E-state index in [0.29, 0.717) is 0 Å². The van der Waals surface area contributed by atoms with Crippen LogP contribution in [0.3, 0.4) is 0 Å². The summed E-state index contributed by atoms with van der Waals surface area (Å²) in [6.45, 7) is 1.56. The van der Waals surface area contributed by atoms with Crippen LogP contribution in [0.5, 0.6) is 0 Å². The van der Waals surface area contributed by atoms with Gasteiger partial charge in [0.15, 0.2) is 6.23 Å². The van der Waals surface area contributed by atoms with Gasteiger partial charge in [-0.05, 0) is 6.92 Å². The molecule has 3 N–H and O–H groups in total. The highest BCUT2D eigenvalue weighted by Gasteiger charge is 2.41. The Labute approximate surface area is 100 Å². The normalized spacial score (nSPS) is 32.9. The number of aromatic amines is 1. The molecule has 0 spiro atoms. The lowest BCUT2D eigenvalue weighted by Crippen LogP contribution is -2.37. The van der Waals surface area contributed by atoms with Gasteiger partial charge in [-0.15, -0.1) is 0 Å². The molecule has 94 valence electrons. The molecule has 1 aliphatic rings. The summed E-state index contributed by atoms with van der Waals surface area (Å²) in [4.78, 5) is 24.6. The van der Waals surface area contributed by atoms with Crippen molar-refractivity contribution in [1.82, 2.24) is 9.55 Å². The zero-order valence-corrected chi connectivity index (χ0v) is 9.59. The predicted molar refractivity (Wildman–Crippen MR) is 57.9 cm³/mol. The van der Waals surface area contributed by atoms with Gasteiger partial charge in [0.05, 0.1) is 6.10 Å². The summed E-state index contributed by atoms with van der Waals surface area (Å²) in [5, 5.41) is 19.0. The lowest BCUT2D eigenvalue weighted by Gasteiger charge is -2.16. The van der Waals surface area contributed by atoms with Crippen molar-refractivity contribution in [3.05, 3.63) is 32.1 Å². The smallest absolute Gasteiger partial charge is 0.330 e. The Morgan fingerprint density at radius 2 is 2.06 bits per heavy atom. The Morgan fingerprint density at radius 3 is 2.59 bits per heavy atom. The van der Waals surface area contributed by atoms with E-state index in [0.717, 1.165) is 10.8 Å². The minimum atomic E-state index is -1.26. The Balaban J connectivity index is 2.46. The quantitative estimate of drug-likeness (QED) is 0.591. The number of nitrogens with zero attached hydrogens (tertiary/aromatic N) is 1. The van der Waals surface area contributed by atoms with Crippen molar-refractivity contribution >= 4 is 11.6 Å². The first-order valence-electron chi connectivity index (χ1n) is 4.94. The number of nitrogens with one attached hydrogen (secondary N) is 1. The Kier molecular flexibility index (Phi) is 3.09. The molecule has 1 aromatic rings. The Hall–Kier alpha value is -1.15. The average molecular weight is 263 g/mol. The van der Waals surface area contributed by atoms with Crippen molar-refractivity contribution in [2.45, 2.75) is 31.5 Å². The monoisotopic (exact) mass is 262 g/mol. The molecule has 1 aromatic heterocycles. The van der Waals surface area contributed by atoms with Gasteiger partial charge < -0.3 is 14.9 Å². The summed E-state index contributed by atoms with van der Waals surface area (Å²) in [5.74, 6) is 0. The van der Waals surface area contributed by atoms with Crippen LogP contribution < -0.4 is 11.2 Å². The summed E-state index contributed by atoms with van der Waals surface area (Å²) >= 11 is 5.58. The maximum atomic E-state index is 11.5. The number of aromatic nitrogens is 2. The molecule has 8 heteroatoms. The van der Waals surface area contributed by atoms with Gasteiger partial charge >= 0.3 is 5.69 Å². The molecular weight excluding hydrogens is 252 g/mol. The zero-order chi connectivity index (χ0) is 12.7. The highest BCUT2D eigenvalue weighted by Crippen LogP contribution is 2.27. The van der Waals surface area contributed by atoms with E-state index in [4.69, 9.17) is 16.3 Å². The van der Waals surface area contributed by atoms with E-state index in [-0.39, 0.29) is 5.02 Å². The molecular formula is C9H11ClN2O5. The van der Waals surface area contributed by atoms with Gasteiger partial charge in [0.2, 0.25) is 0 Å². The lowest BCUT2D eigenvalue weighted by molar-refractivity contribution is -0.0351. The van der Waals surface area contributed by atoms with Crippen LogP contribution in [-0.2, 0) is 4.74 Å². The molecule has 17 heavy (non-hydrogen) atoms. The van der Waals surface area contributed by atoms with Crippen molar-refractivity contribution in [3.8, 4) is 0 Å². The summed E-state index contributed by atoms with van der Waals surface area (Å²) in [6, 6.07) is 0. The first kappa shape index (κ1) is 12.3. The van der Waals surface area contributed by atoms with E-state index in [2.05, 4.69) is 0 Å². The fourth-order valence-electron chi connectivity index (χ4n) is 1.71. The van der Waals surface area contributed by atoms with Crippen molar-refractivity contribution in [2.75, 3.05) is 0 Å². The van der Waals surface area contributed by atoms with E-state index >= 15 is 0 Å². The van der Waals surface area contributed by atoms with Crippen molar-refractivity contribution in [2.24, 2.45) is 0 Å². The number of aliphatic hydroxyl groups excluding tert-OH is 2. The van der Waals surface area contributed by atoms with E-state index < -0.39 is 35.8 Å². The number of rotatable bonds is 1. The molecule has 0 bridgehead atoms. The SMILES string of the molecule is C[C@H]1O[C@@H](n2cc(Cl)c(=O)[nH]c2=O)[C@@H](O)[C@H]1O. The molecule has 0 aromatic carbocycles. The van der Waals surface area contributed by atoms with Crippen LogP contribution in [0.1, 0.15) is 13.2 Å². The standard InChI is InChI=1S/C9H11ClN2O5/c1-3-5(13)6(14)8(17-3)12-2-4(10)7(15)11-9(12)16/h2-3,5-6,8,13-14H,1H3,(H,11,15,16)/t3-,5+,6+,8-/m1/s1. The molecule has 2 heterocycles. The van der Waals surface area contributed by atoms with Gasteiger partial charge in [-0.25, -0.2) is 4.79 Å². The summed E-state index contributed by atoms with van der Waals surface area (Å²) in [5.41, 5.74) is -1.47. The molecule has 0 unspecified atom stereocenters. The summed E-state index contributed by atoms with van der Waals surface area (Å²) in [6.07, 6.45) is -2.97. The molecule has 1 saturated heterocycles. The fourth-order valence-corrected chi connectivity index (χ4v) is 1.86. The van der Waals surface area contributed by atoms with Gasteiger partial charge in [-0.1, -0.05) is 11.6 Å². The van der Waals surface area contributed by atoms with Crippen LogP contribution in [0.15, 0.2) is 15.8 Å². The average Bonchev–Trinajstić information content (AvgIpc) is 2.51. The van der Waals surface area contributed by atoms with Crippen LogP contribution >= 0.6 is 11.6 Å². The molecule has 0 saturated carbocycles. The molecule has 0 amide bonds. The second kappa shape index (κ2) is 4.26. The molecule has 2 rings (SSSR count). The van der Waals surface area contributed by atoms with Gasteiger partial charge in [0, 0.05) is 6.20 Å². The summed E-state index contributed by atoms with van der Waals surface area (Å²) < 4.78 is 6.18. The fraction of sp³-hybridized carbons (Fsp3) is 0.556. The highest BCUT2D eigenvalue weighted by molar-refractivity contribution is 6.30. The van der Waals surface area contributed by atoms with Gasteiger partial charge in [-0.2, -0.15) is 0 Å². The van der Waals surface area contributed by atoms with Crippen molar-refractivity contribution in [3.63, 3.8) is 0 Å². The largest absolute Gasteiger partial charge is 0.388 e. The molecule has 0 aliphatic carbocycles. The number of H-pyrrole nitrogens is 1. The Bertz CT molecular complexity index is 539. The second-order valence-corrected chi connectivity index (χ2v) is 4.26. The van der Waals surface area contributed by atoms with Crippen LogP contribution in [0.4, 0.5) is 0 Å².